The number of nitrogens with one attached hydrogen (secondary N) is 1. The first-order valence-electron chi connectivity index (χ1n) is 4.97. The second-order valence-electron chi connectivity index (χ2n) is 3.60. The minimum Gasteiger partial charge on any atom is -0.491 e. The molecule has 1 amide bonds. The van der Waals surface area contributed by atoms with Crippen LogP contribution in [-0.2, 0) is 4.79 Å². The minimum absolute atomic E-state index is 0.120. The second kappa shape index (κ2) is 4.72. The fraction of sp³-hybridized carbons (Fsp3) is 0.364. The van der Waals surface area contributed by atoms with Crippen LogP contribution in [0.3, 0.4) is 0 Å². The predicted molar refractivity (Wildman–Crippen MR) is 59.5 cm³/mol. The summed E-state index contributed by atoms with van der Waals surface area (Å²) in [5.41, 5.74) is 0.689. The summed E-state index contributed by atoms with van der Waals surface area (Å²) in [6.07, 6.45) is -0.753. The summed E-state index contributed by atoms with van der Waals surface area (Å²) in [5.74, 6) is 0.227. The molecule has 0 fully saturated rings. The Morgan fingerprint density at radius 1 is 1.56 bits per heavy atom. The van der Waals surface area contributed by atoms with Gasteiger partial charge in [-0.3, -0.25) is 4.79 Å². The van der Waals surface area contributed by atoms with Crippen molar-refractivity contribution in [3.63, 3.8) is 0 Å². The smallest absolute Gasteiger partial charge is 0.235 e. The molecule has 86 valence electrons. The molecular formula is C11H12ClNO3. The molecule has 0 saturated carbocycles. The lowest BCUT2D eigenvalue weighted by Crippen LogP contribution is -2.46. The third kappa shape index (κ3) is 2.13. The molecule has 2 atom stereocenters. The zero-order chi connectivity index (χ0) is 11.5. The van der Waals surface area contributed by atoms with Gasteiger partial charge in [0, 0.05) is 5.56 Å². The first-order valence-corrected chi connectivity index (χ1v) is 5.51. The predicted octanol–water partition coefficient (Wildman–Crippen LogP) is 0.836. The van der Waals surface area contributed by atoms with Crippen LogP contribution in [0.1, 0.15) is 11.7 Å². The molecule has 0 bridgehead atoms. The van der Waals surface area contributed by atoms with Gasteiger partial charge in [0.1, 0.15) is 24.3 Å². The second-order valence-corrected chi connectivity index (χ2v) is 3.87. The number of rotatable bonds is 2. The van der Waals surface area contributed by atoms with Crippen LogP contribution in [-0.4, -0.2) is 29.5 Å². The lowest BCUT2D eigenvalue weighted by molar-refractivity contribution is -0.120. The van der Waals surface area contributed by atoms with E-state index in [0.29, 0.717) is 11.3 Å². The topological polar surface area (TPSA) is 58.6 Å². The van der Waals surface area contributed by atoms with E-state index in [-0.39, 0.29) is 18.4 Å². The zero-order valence-electron chi connectivity index (χ0n) is 8.52. The number of ether oxygens (including phenoxy) is 1. The SMILES string of the molecule is O=C(CCl)N[C@H]1COc2ccccc2[C@H]1O. The highest BCUT2D eigenvalue weighted by Gasteiger charge is 2.29. The molecule has 5 heteroatoms. The lowest BCUT2D eigenvalue weighted by Gasteiger charge is -2.30. The summed E-state index contributed by atoms with van der Waals surface area (Å²) in [4.78, 5) is 11.1. The average molecular weight is 242 g/mol. The van der Waals surface area contributed by atoms with Crippen molar-refractivity contribution in [2.75, 3.05) is 12.5 Å². The van der Waals surface area contributed by atoms with E-state index < -0.39 is 12.1 Å². The highest BCUT2D eigenvalue weighted by Crippen LogP contribution is 2.31. The van der Waals surface area contributed by atoms with Crippen LogP contribution < -0.4 is 10.1 Å². The van der Waals surface area contributed by atoms with Gasteiger partial charge in [0.15, 0.2) is 0 Å². The molecule has 2 N–H and O–H groups in total. The third-order valence-electron chi connectivity index (χ3n) is 2.50. The van der Waals surface area contributed by atoms with Gasteiger partial charge in [-0.15, -0.1) is 11.6 Å². The van der Waals surface area contributed by atoms with E-state index in [1.165, 1.54) is 0 Å². The summed E-state index contributed by atoms with van der Waals surface area (Å²) in [7, 11) is 0. The fourth-order valence-electron chi connectivity index (χ4n) is 1.71. The Labute approximate surface area is 98.2 Å². The van der Waals surface area contributed by atoms with Gasteiger partial charge in [0.05, 0.1) is 6.04 Å². The summed E-state index contributed by atoms with van der Waals surface area (Å²) in [6, 6.07) is 6.78. The lowest BCUT2D eigenvalue weighted by atomic mass is 9.99. The van der Waals surface area contributed by atoms with Crippen LogP contribution in [0.15, 0.2) is 24.3 Å². The number of carbonyl (C=O) groups excluding carboxylic acids is 1. The summed E-state index contributed by atoms with van der Waals surface area (Å²) in [5, 5.41) is 12.6. The summed E-state index contributed by atoms with van der Waals surface area (Å²) in [6.45, 7) is 0.251. The van der Waals surface area contributed by atoms with Gasteiger partial charge in [-0.2, -0.15) is 0 Å². The molecule has 0 aromatic heterocycles. The Balaban J connectivity index is 2.15. The van der Waals surface area contributed by atoms with E-state index >= 15 is 0 Å². The molecule has 0 unspecified atom stereocenters. The number of benzene rings is 1. The van der Waals surface area contributed by atoms with Gasteiger partial charge in [-0.1, -0.05) is 18.2 Å². The van der Waals surface area contributed by atoms with Gasteiger partial charge < -0.3 is 15.2 Å². The van der Waals surface area contributed by atoms with Crippen molar-refractivity contribution < 1.29 is 14.6 Å². The zero-order valence-corrected chi connectivity index (χ0v) is 9.28. The number of para-hydroxylation sites is 1. The van der Waals surface area contributed by atoms with Gasteiger partial charge >= 0.3 is 0 Å². The fourth-order valence-corrected chi connectivity index (χ4v) is 1.79. The number of carbonyl (C=O) groups is 1. The monoisotopic (exact) mass is 241 g/mol. The van der Waals surface area contributed by atoms with Crippen LogP contribution in [0, 0.1) is 0 Å². The number of aliphatic hydroxyl groups is 1. The normalized spacial score (nSPS) is 23.1. The van der Waals surface area contributed by atoms with Crippen molar-refractivity contribution in [3.05, 3.63) is 29.8 Å². The number of halogens is 1. The molecule has 1 aliphatic rings. The quantitative estimate of drug-likeness (QED) is 0.755. The Kier molecular flexibility index (Phi) is 3.31. The highest BCUT2D eigenvalue weighted by molar-refractivity contribution is 6.27. The molecule has 16 heavy (non-hydrogen) atoms. The number of hydrogen-bond acceptors (Lipinski definition) is 3. The molecule has 1 aromatic rings. The van der Waals surface area contributed by atoms with Gasteiger partial charge in [-0.25, -0.2) is 0 Å². The highest BCUT2D eigenvalue weighted by atomic mass is 35.5. The van der Waals surface area contributed by atoms with Crippen LogP contribution in [0.4, 0.5) is 0 Å². The maximum atomic E-state index is 11.1. The first-order chi connectivity index (χ1) is 7.72. The van der Waals surface area contributed by atoms with Crippen LogP contribution in [0.2, 0.25) is 0 Å². The first kappa shape index (κ1) is 11.2. The molecule has 2 rings (SSSR count). The van der Waals surface area contributed by atoms with E-state index in [0.717, 1.165) is 0 Å². The van der Waals surface area contributed by atoms with E-state index in [9.17, 15) is 9.90 Å². The van der Waals surface area contributed by atoms with Crippen molar-refractivity contribution in [1.29, 1.82) is 0 Å². The molecule has 1 aromatic carbocycles. The van der Waals surface area contributed by atoms with E-state index in [1.807, 2.05) is 12.1 Å². The minimum atomic E-state index is -0.753. The Bertz CT molecular complexity index is 397. The molecule has 0 radical (unpaired) electrons. The Hall–Kier alpha value is -1.26. The van der Waals surface area contributed by atoms with Crippen molar-refractivity contribution in [2.24, 2.45) is 0 Å². The molecule has 0 aliphatic carbocycles. The average Bonchev–Trinajstić information content (AvgIpc) is 2.33. The summed E-state index contributed by atoms with van der Waals surface area (Å²) >= 11 is 5.38. The number of aliphatic hydroxyl groups excluding tert-OH is 1. The Morgan fingerprint density at radius 2 is 2.31 bits per heavy atom. The molecule has 0 saturated heterocycles. The largest absolute Gasteiger partial charge is 0.491 e. The third-order valence-corrected chi connectivity index (χ3v) is 2.75. The number of amides is 1. The van der Waals surface area contributed by atoms with Gasteiger partial charge in [0.25, 0.3) is 0 Å². The van der Waals surface area contributed by atoms with E-state index in [2.05, 4.69) is 5.32 Å². The molecule has 0 spiro atoms. The summed E-state index contributed by atoms with van der Waals surface area (Å²) < 4.78 is 5.43. The number of alkyl halides is 1. The van der Waals surface area contributed by atoms with Crippen LogP contribution >= 0.6 is 11.6 Å². The van der Waals surface area contributed by atoms with E-state index in [4.69, 9.17) is 16.3 Å². The van der Waals surface area contributed by atoms with Gasteiger partial charge in [0.2, 0.25) is 5.91 Å². The number of fused-ring (bicyclic) bond motifs is 1. The van der Waals surface area contributed by atoms with E-state index in [1.54, 1.807) is 12.1 Å². The Morgan fingerprint density at radius 3 is 3.06 bits per heavy atom. The van der Waals surface area contributed by atoms with Crippen molar-refractivity contribution in [2.45, 2.75) is 12.1 Å². The van der Waals surface area contributed by atoms with Crippen molar-refractivity contribution in [3.8, 4) is 5.75 Å². The number of hydrogen-bond donors (Lipinski definition) is 2. The van der Waals surface area contributed by atoms with Crippen LogP contribution in [0.25, 0.3) is 0 Å². The maximum Gasteiger partial charge on any atom is 0.235 e. The van der Waals surface area contributed by atoms with Crippen molar-refractivity contribution in [1.82, 2.24) is 5.32 Å². The maximum absolute atomic E-state index is 11.1. The molecule has 1 aliphatic heterocycles. The standard InChI is InChI=1S/C11H12ClNO3/c12-5-10(14)13-8-6-16-9-4-2-1-3-7(9)11(8)15/h1-4,8,11,15H,5-6H2,(H,13,14)/t8-,11+/m0/s1. The van der Waals surface area contributed by atoms with Crippen LogP contribution in [0.5, 0.6) is 5.75 Å². The molecule has 4 nitrogen and oxygen atoms in total. The van der Waals surface area contributed by atoms with Crippen molar-refractivity contribution >= 4 is 17.5 Å². The molecule has 1 heterocycles. The molecular weight excluding hydrogens is 230 g/mol. The van der Waals surface area contributed by atoms with Gasteiger partial charge in [-0.05, 0) is 6.07 Å².